The third-order valence-corrected chi connectivity index (χ3v) is 4.19. The van der Waals surface area contributed by atoms with E-state index in [0.29, 0.717) is 26.2 Å². The maximum absolute atomic E-state index is 12.3. The van der Waals surface area contributed by atoms with Gasteiger partial charge in [0.15, 0.2) is 0 Å². The number of benzene rings is 1. The van der Waals surface area contributed by atoms with Crippen LogP contribution in [0.1, 0.15) is 12.5 Å². The Morgan fingerprint density at radius 2 is 2.05 bits per heavy atom. The zero-order valence-electron chi connectivity index (χ0n) is 12.6. The summed E-state index contributed by atoms with van der Waals surface area (Å²) in [7, 11) is 0. The minimum absolute atomic E-state index is 0.00982. The summed E-state index contributed by atoms with van der Waals surface area (Å²) in [5, 5.41) is 0. The Morgan fingerprint density at radius 1 is 1.27 bits per heavy atom. The molecule has 2 atom stereocenters. The summed E-state index contributed by atoms with van der Waals surface area (Å²) in [5.41, 5.74) is 0.956. The largest absolute Gasteiger partial charge is 0.445 e. The third-order valence-electron chi connectivity index (χ3n) is 4.19. The highest BCUT2D eigenvalue weighted by molar-refractivity contribution is 5.74. The molecule has 118 valence electrons. The molecule has 0 N–H and O–H groups in total. The van der Waals surface area contributed by atoms with Crippen molar-refractivity contribution in [2.24, 2.45) is 0 Å². The van der Waals surface area contributed by atoms with Crippen LogP contribution in [-0.4, -0.2) is 60.2 Å². The van der Waals surface area contributed by atoms with Gasteiger partial charge >= 0.3 is 6.09 Å². The van der Waals surface area contributed by atoms with Gasteiger partial charge in [-0.1, -0.05) is 30.3 Å². The van der Waals surface area contributed by atoms with E-state index in [9.17, 15) is 9.59 Å². The first-order chi connectivity index (χ1) is 10.6. The average Bonchev–Trinajstić information content (AvgIpc) is 2.98. The summed E-state index contributed by atoms with van der Waals surface area (Å²) in [6, 6.07) is 9.48. The second-order valence-electron chi connectivity index (χ2n) is 5.63. The van der Waals surface area contributed by atoms with E-state index in [2.05, 4.69) is 0 Å². The molecule has 2 aliphatic heterocycles. The van der Waals surface area contributed by atoms with Crippen LogP contribution in [0.25, 0.3) is 0 Å². The number of hydrogen-bond donors (Lipinski definition) is 0. The molecular formula is C16H20N2O4. The lowest BCUT2D eigenvalue weighted by molar-refractivity contribution is -0.128. The van der Waals surface area contributed by atoms with Crippen molar-refractivity contribution in [3.63, 3.8) is 0 Å². The first-order valence-corrected chi connectivity index (χ1v) is 7.49. The van der Waals surface area contributed by atoms with E-state index in [1.165, 1.54) is 6.92 Å². The summed E-state index contributed by atoms with van der Waals surface area (Å²) < 4.78 is 11.1. The van der Waals surface area contributed by atoms with Gasteiger partial charge in [0.25, 0.3) is 0 Å². The second-order valence-corrected chi connectivity index (χ2v) is 5.63. The molecule has 0 radical (unpaired) electrons. The molecule has 2 heterocycles. The summed E-state index contributed by atoms with van der Waals surface area (Å²) in [6.07, 6.45) is -0.450. The number of rotatable bonds is 2. The fourth-order valence-corrected chi connectivity index (χ4v) is 2.97. The SMILES string of the molecule is CC(=O)N1C[C@@H]2OCCN(C(=O)OCc3ccccc3)[C@@H]2C1. The van der Waals surface area contributed by atoms with Gasteiger partial charge in [-0.25, -0.2) is 4.79 Å². The topological polar surface area (TPSA) is 59.1 Å². The van der Waals surface area contributed by atoms with E-state index in [4.69, 9.17) is 9.47 Å². The van der Waals surface area contributed by atoms with Gasteiger partial charge in [0.2, 0.25) is 5.91 Å². The molecule has 0 saturated carbocycles. The van der Waals surface area contributed by atoms with Gasteiger partial charge in [-0.3, -0.25) is 9.69 Å². The van der Waals surface area contributed by atoms with Crippen molar-refractivity contribution in [3.8, 4) is 0 Å². The van der Waals surface area contributed by atoms with Gasteiger partial charge in [-0.05, 0) is 5.56 Å². The van der Waals surface area contributed by atoms with Crippen LogP contribution in [0.3, 0.4) is 0 Å². The summed E-state index contributed by atoms with van der Waals surface area (Å²) >= 11 is 0. The van der Waals surface area contributed by atoms with Crippen molar-refractivity contribution in [1.82, 2.24) is 9.80 Å². The maximum Gasteiger partial charge on any atom is 0.410 e. The van der Waals surface area contributed by atoms with Crippen LogP contribution in [0, 0.1) is 0 Å². The highest BCUT2D eigenvalue weighted by atomic mass is 16.6. The van der Waals surface area contributed by atoms with E-state index in [0.717, 1.165) is 5.56 Å². The molecule has 2 aliphatic rings. The normalized spacial score (nSPS) is 24.0. The van der Waals surface area contributed by atoms with Gasteiger partial charge in [0.05, 0.1) is 18.8 Å². The lowest BCUT2D eigenvalue weighted by atomic mass is 10.1. The predicted molar refractivity (Wildman–Crippen MR) is 79.1 cm³/mol. The van der Waals surface area contributed by atoms with Crippen LogP contribution in [0.4, 0.5) is 4.79 Å². The van der Waals surface area contributed by atoms with E-state index < -0.39 is 0 Å². The maximum atomic E-state index is 12.3. The molecule has 3 rings (SSSR count). The van der Waals surface area contributed by atoms with Crippen molar-refractivity contribution in [3.05, 3.63) is 35.9 Å². The molecule has 22 heavy (non-hydrogen) atoms. The van der Waals surface area contributed by atoms with E-state index >= 15 is 0 Å². The molecule has 0 bridgehead atoms. The van der Waals surface area contributed by atoms with Gasteiger partial charge in [-0.2, -0.15) is 0 Å². The summed E-state index contributed by atoms with van der Waals surface area (Å²) in [6.45, 7) is 3.83. The lowest BCUT2D eigenvalue weighted by Crippen LogP contribution is -2.53. The zero-order valence-corrected chi connectivity index (χ0v) is 12.6. The Hall–Kier alpha value is -2.08. The molecular weight excluding hydrogens is 284 g/mol. The summed E-state index contributed by atoms with van der Waals surface area (Å²) in [4.78, 5) is 27.3. The molecule has 6 nitrogen and oxygen atoms in total. The number of amides is 2. The molecule has 1 aromatic rings. The van der Waals surface area contributed by atoms with Crippen molar-refractivity contribution >= 4 is 12.0 Å². The Labute approximate surface area is 129 Å². The minimum Gasteiger partial charge on any atom is -0.445 e. The number of morpholine rings is 1. The molecule has 1 aromatic carbocycles. The average molecular weight is 304 g/mol. The fourth-order valence-electron chi connectivity index (χ4n) is 2.97. The number of hydrogen-bond acceptors (Lipinski definition) is 4. The number of carbonyl (C=O) groups is 2. The van der Waals surface area contributed by atoms with Crippen molar-refractivity contribution in [2.45, 2.75) is 25.7 Å². The molecule has 2 fully saturated rings. The Morgan fingerprint density at radius 3 is 2.77 bits per heavy atom. The Balaban J connectivity index is 1.61. The van der Waals surface area contributed by atoms with E-state index in [1.54, 1.807) is 9.80 Å². The Bertz CT molecular complexity index is 548. The summed E-state index contributed by atoms with van der Waals surface area (Å²) in [5.74, 6) is 0.00982. The van der Waals surface area contributed by atoms with E-state index in [1.807, 2.05) is 30.3 Å². The van der Waals surface area contributed by atoms with Crippen LogP contribution >= 0.6 is 0 Å². The lowest BCUT2D eigenvalue weighted by Gasteiger charge is -2.35. The van der Waals surface area contributed by atoms with Crippen LogP contribution in [0.15, 0.2) is 30.3 Å². The third kappa shape index (κ3) is 3.06. The van der Waals surface area contributed by atoms with Gasteiger partial charge in [0.1, 0.15) is 6.61 Å². The smallest absolute Gasteiger partial charge is 0.410 e. The minimum atomic E-state index is -0.340. The first-order valence-electron chi connectivity index (χ1n) is 7.49. The van der Waals surface area contributed by atoms with Crippen LogP contribution in [0.2, 0.25) is 0 Å². The van der Waals surface area contributed by atoms with Crippen molar-refractivity contribution in [1.29, 1.82) is 0 Å². The predicted octanol–water partition coefficient (Wildman–Crippen LogP) is 1.25. The Kier molecular flexibility index (Phi) is 4.29. The number of fused-ring (bicyclic) bond motifs is 1. The van der Waals surface area contributed by atoms with Gasteiger partial charge < -0.3 is 14.4 Å². The highest BCUT2D eigenvalue weighted by Gasteiger charge is 2.43. The van der Waals surface area contributed by atoms with Crippen molar-refractivity contribution in [2.75, 3.05) is 26.2 Å². The molecule has 0 aromatic heterocycles. The van der Waals surface area contributed by atoms with Crippen molar-refractivity contribution < 1.29 is 19.1 Å². The quantitative estimate of drug-likeness (QED) is 0.825. The van der Waals surface area contributed by atoms with Gasteiger partial charge in [0, 0.05) is 26.6 Å². The van der Waals surface area contributed by atoms with Crippen LogP contribution in [0.5, 0.6) is 0 Å². The zero-order chi connectivity index (χ0) is 15.5. The second kappa shape index (κ2) is 6.36. The number of likely N-dealkylation sites (tertiary alicyclic amines) is 1. The monoisotopic (exact) mass is 304 g/mol. The first kappa shape index (κ1) is 14.8. The van der Waals surface area contributed by atoms with E-state index in [-0.39, 0.29) is 30.8 Å². The molecule has 0 aliphatic carbocycles. The number of carbonyl (C=O) groups excluding carboxylic acids is 2. The standard InChI is InChI=1S/C16H20N2O4/c1-12(19)17-9-14-15(10-17)21-8-7-18(14)16(20)22-11-13-5-3-2-4-6-13/h2-6,14-15H,7-11H2,1H3/t14-,15+/m1/s1. The highest BCUT2D eigenvalue weighted by Crippen LogP contribution is 2.23. The van der Waals surface area contributed by atoms with Crippen LogP contribution in [-0.2, 0) is 20.9 Å². The van der Waals surface area contributed by atoms with Gasteiger partial charge in [-0.15, -0.1) is 0 Å². The fraction of sp³-hybridized carbons (Fsp3) is 0.500. The molecule has 2 amide bonds. The number of nitrogens with zero attached hydrogens (tertiary/aromatic N) is 2. The van der Waals surface area contributed by atoms with Crippen LogP contribution < -0.4 is 0 Å². The number of ether oxygens (including phenoxy) is 2. The molecule has 6 heteroatoms. The molecule has 2 saturated heterocycles. The molecule has 0 spiro atoms. The molecule has 0 unspecified atom stereocenters.